The van der Waals surface area contributed by atoms with Crippen LogP contribution in [0.5, 0.6) is 5.75 Å². The lowest BCUT2D eigenvalue weighted by molar-refractivity contribution is -0.117. The SMILES string of the molecule is Cc1cc(NC(=O)C(N)Cc2ccccc2)ccc1OCCN1CCCC1. The molecule has 3 rings (SSSR count). The number of likely N-dealkylation sites (tertiary alicyclic amines) is 1. The highest BCUT2D eigenvalue weighted by atomic mass is 16.5. The molecule has 1 unspecified atom stereocenters. The zero-order valence-corrected chi connectivity index (χ0v) is 16.0. The summed E-state index contributed by atoms with van der Waals surface area (Å²) in [5, 5.41) is 2.90. The molecule has 0 spiro atoms. The van der Waals surface area contributed by atoms with Gasteiger partial charge in [-0.3, -0.25) is 9.69 Å². The van der Waals surface area contributed by atoms with E-state index in [1.165, 1.54) is 25.9 Å². The molecule has 27 heavy (non-hydrogen) atoms. The topological polar surface area (TPSA) is 67.6 Å². The number of benzene rings is 2. The number of carbonyl (C=O) groups excluding carboxylic acids is 1. The molecule has 3 N–H and O–H groups in total. The van der Waals surface area contributed by atoms with E-state index < -0.39 is 6.04 Å². The van der Waals surface area contributed by atoms with Crippen LogP contribution in [-0.2, 0) is 11.2 Å². The molecule has 0 bridgehead atoms. The van der Waals surface area contributed by atoms with Crippen molar-refractivity contribution in [3.05, 3.63) is 59.7 Å². The Morgan fingerprint density at radius 2 is 1.93 bits per heavy atom. The Bertz CT molecular complexity index is 742. The lowest BCUT2D eigenvalue weighted by atomic mass is 10.1. The summed E-state index contributed by atoms with van der Waals surface area (Å²) in [7, 11) is 0. The van der Waals surface area contributed by atoms with Gasteiger partial charge in [0, 0.05) is 12.2 Å². The van der Waals surface area contributed by atoms with Crippen molar-refractivity contribution < 1.29 is 9.53 Å². The Morgan fingerprint density at radius 1 is 1.19 bits per heavy atom. The standard InChI is InChI=1S/C22H29N3O2/c1-17-15-19(9-10-21(17)27-14-13-25-11-5-6-12-25)24-22(26)20(23)16-18-7-3-2-4-8-18/h2-4,7-10,15,20H,5-6,11-14,16,23H2,1H3,(H,24,26). The molecule has 1 saturated heterocycles. The van der Waals surface area contributed by atoms with E-state index in [2.05, 4.69) is 10.2 Å². The molecule has 0 aromatic heterocycles. The van der Waals surface area contributed by atoms with E-state index in [4.69, 9.17) is 10.5 Å². The third-order valence-electron chi connectivity index (χ3n) is 4.94. The van der Waals surface area contributed by atoms with Gasteiger partial charge in [0.05, 0.1) is 6.04 Å². The van der Waals surface area contributed by atoms with Crippen LogP contribution in [0.2, 0.25) is 0 Å². The van der Waals surface area contributed by atoms with Crippen molar-refractivity contribution in [2.24, 2.45) is 5.73 Å². The zero-order chi connectivity index (χ0) is 19.1. The highest BCUT2D eigenvalue weighted by Gasteiger charge is 2.15. The van der Waals surface area contributed by atoms with Crippen LogP contribution in [0.3, 0.4) is 0 Å². The highest BCUT2D eigenvalue weighted by molar-refractivity contribution is 5.95. The Morgan fingerprint density at radius 3 is 2.63 bits per heavy atom. The molecule has 2 aromatic rings. The fraction of sp³-hybridized carbons (Fsp3) is 0.409. The summed E-state index contributed by atoms with van der Waals surface area (Å²) in [6, 6.07) is 14.9. The Balaban J connectivity index is 1.49. The van der Waals surface area contributed by atoms with Crippen molar-refractivity contribution in [2.75, 3.05) is 31.6 Å². The fourth-order valence-electron chi connectivity index (χ4n) is 3.38. The highest BCUT2D eigenvalue weighted by Crippen LogP contribution is 2.22. The number of hydrogen-bond acceptors (Lipinski definition) is 4. The number of nitrogens with one attached hydrogen (secondary N) is 1. The molecule has 0 radical (unpaired) electrons. The van der Waals surface area contributed by atoms with Gasteiger partial charge < -0.3 is 15.8 Å². The first-order valence-electron chi connectivity index (χ1n) is 9.68. The van der Waals surface area contributed by atoms with Crippen LogP contribution in [0, 0.1) is 6.92 Å². The van der Waals surface area contributed by atoms with E-state index in [9.17, 15) is 4.79 Å². The van der Waals surface area contributed by atoms with Gasteiger partial charge in [-0.05, 0) is 68.6 Å². The maximum atomic E-state index is 12.4. The van der Waals surface area contributed by atoms with Crippen LogP contribution in [-0.4, -0.2) is 43.1 Å². The minimum absolute atomic E-state index is 0.180. The third kappa shape index (κ3) is 5.81. The minimum Gasteiger partial charge on any atom is -0.492 e. The summed E-state index contributed by atoms with van der Waals surface area (Å²) in [5.41, 5.74) is 8.85. The van der Waals surface area contributed by atoms with Gasteiger partial charge in [-0.15, -0.1) is 0 Å². The van der Waals surface area contributed by atoms with Gasteiger partial charge in [0.25, 0.3) is 0 Å². The van der Waals surface area contributed by atoms with Gasteiger partial charge in [0.15, 0.2) is 0 Å². The quantitative estimate of drug-likeness (QED) is 0.753. The molecule has 1 aliphatic rings. The summed E-state index contributed by atoms with van der Waals surface area (Å²) in [6.07, 6.45) is 3.10. The Hall–Kier alpha value is -2.37. The number of amides is 1. The first kappa shape index (κ1) is 19.4. The summed E-state index contributed by atoms with van der Waals surface area (Å²) in [5.74, 6) is 0.682. The lowest BCUT2D eigenvalue weighted by Gasteiger charge is -2.17. The van der Waals surface area contributed by atoms with Gasteiger partial charge in [-0.1, -0.05) is 30.3 Å². The van der Waals surface area contributed by atoms with Gasteiger partial charge in [-0.25, -0.2) is 0 Å². The molecule has 1 amide bonds. The first-order valence-corrected chi connectivity index (χ1v) is 9.68. The number of ether oxygens (including phenoxy) is 1. The number of rotatable bonds is 8. The molecule has 1 heterocycles. The summed E-state index contributed by atoms with van der Waals surface area (Å²) in [4.78, 5) is 14.8. The summed E-state index contributed by atoms with van der Waals surface area (Å²) < 4.78 is 5.91. The van der Waals surface area contributed by atoms with E-state index in [0.29, 0.717) is 13.0 Å². The first-order chi connectivity index (χ1) is 13.1. The van der Waals surface area contributed by atoms with Gasteiger partial charge in [0.1, 0.15) is 12.4 Å². The van der Waals surface area contributed by atoms with Crippen LogP contribution in [0.15, 0.2) is 48.5 Å². The van der Waals surface area contributed by atoms with Crippen LogP contribution < -0.4 is 15.8 Å². The second kappa shape index (κ2) is 9.53. The van der Waals surface area contributed by atoms with E-state index >= 15 is 0 Å². The average molecular weight is 367 g/mol. The number of nitrogens with two attached hydrogens (primary N) is 1. The molecule has 1 fully saturated rings. The van der Waals surface area contributed by atoms with Crippen molar-refractivity contribution in [3.63, 3.8) is 0 Å². The number of carbonyl (C=O) groups is 1. The third-order valence-corrected chi connectivity index (χ3v) is 4.94. The molecule has 2 aromatic carbocycles. The lowest BCUT2D eigenvalue weighted by Crippen LogP contribution is -2.37. The molecule has 5 nitrogen and oxygen atoms in total. The van der Waals surface area contributed by atoms with Crippen molar-refractivity contribution in [1.82, 2.24) is 4.90 Å². The van der Waals surface area contributed by atoms with Crippen LogP contribution in [0.25, 0.3) is 0 Å². The maximum Gasteiger partial charge on any atom is 0.241 e. The number of hydrogen-bond donors (Lipinski definition) is 2. The number of nitrogens with zero attached hydrogens (tertiary/aromatic N) is 1. The van der Waals surface area contributed by atoms with Crippen molar-refractivity contribution in [3.8, 4) is 5.75 Å². The van der Waals surface area contributed by atoms with E-state index in [1.54, 1.807) is 0 Å². The van der Waals surface area contributed by atoms with Gasteiger partial charge in [-0.2, -0.15) is 0 Å². The van der Waals surface area contributed by atoms with Crippen molar-refractivity contribution >= 4 is 11.6 Å². The maximum absolute atomic E-state index is 12.4. The number of aryl methyl sites for hydroxylation is 1. The fourth-order valence-corrected chi connectivity index (χ4v) is 3.38. The van der Waals surface area contributed by atoms with E-state index in [1.807, 2.05) is 55.5 Å². The number of anilines is 1. The van der Waals surface area contributed by atoms with Gasteiger partial charge >= 0.3 is 0 Å². The minimum atomic E-state index is -0.580. The van der Waals surface area contributed by atoms with Crippen molar-refractivity contribution in [2.45, 2.75) is 32.2 Å². The molecule has 0 aliphatic carbocycles. The molecular weight excluding hydrogens is 338 g/mol. The predicted molar refractivity (Wildman–Crippen MR) is 109 cm³/mol. The second-order valence-electron chi connectivity index (χ2n) is 7.16. The van der Waals surface area contributed by atoms with E-state index in [-0.39, 0.29) is 5.91 Å². The monoisotopic (exact) mass is 367 g/mol. The molecule has 1 atom stereocenters. The molecular formula is C22H29N3O2. The Labute approximate surface area is 161 Å². The van der Waals surface area contributed by atoms with Crippen LogP contribution in [0.1, 0.15) is 24.0 Å². The largest absolute Gasteiger partial charge is 0.492 e. The van der Waals surface area contributed by atoms with Gasteiger partial charge in [0.2, 0.25) is 5.91 Å². The van der Waals surface area contributed by atoms with Crippen LogP contribution in [0.4, 0.5) is 5.69 Å². The normalized spacial score (nSPS) is 15.5. The average Bonchev–Trinajstić information content (AvgIpc) is 3.18. The van der Waals surface area contributed by atoms with Crippen molar-refractivity contribution in [1.29, 1.82) is 0 Å². The second-order valence-corrected chi connectivity index (χ2v) is 7.16. The van der Waals surface area contributed by atoms with Crippen LogP contribution >= 0.6 is 0 Å². The molecule has 5 heteroatoms. The molecule has 1 aliphatic heterocycles. The van der Waals surface area contributed by atoms with E-state index in [0.717, 1.165) is 29.1 Å². The summed E-state index contributed by atoms with van der Waals surface area (Å²) in [6.45, 7) is 6.00. The predicted octanol–water partition coefficient (Wildman–Crippen LogP) is 2.98. The zero-order valence-electron chi connectivity index (χ0n) is 16.0. The Kier molecular flexibility index (Phi) is 6.85. The molecule has 144 valence electrons. The molecule has 0 saturated carbocycles. The summed E-state index contributed by atoms with van der Waals surface area (Å²) >= 11 is 0. The smallest absolute Gasteiger partial charge is 0.241 e.